The minimum absolute atomic E-state index is 0.175. The zero-order valence-corrected chi connectivity index (χ0v) is 6.32. The van der Waals surface area contributed by atoms with Crippen LogP contribution in [0.3, 0.4) is 0 Å². The molecule has 1 saturated carbocycles. The molecule has 0 N–H and O–H groups in total. The molecule has 0 bridgehead atoms. The molecule has 0 aromatic rings. The number of alkyl halides is 1. The van der Waals surface area contributed by atoms with E-state index in [4.69, 9.17) is 11.6 Å². The van der Waals surface area contributed by atoms with Gasteiger partial charge in [-0.15, -0.1) is 11.6 Å². The quantitative estimate of drug-likeness (QED) is 0.484. The van der Waals surface area contributed by atoms with Crippen LogP contribution in [0, 0.1) is 11.8 Å². The van der Waals surface area contributed by atoms with Crippen molar-refractivity contribution in [1.29, 1.82) is 0 Å². The van der Waals surface area contributed by atoms with Gasteiger partial charge in [0.25, 0.3) is 0 Å². The minimum Gasteiger partial charge on any atom is -0.229 e. The van der Waals surface area contributed by atoms with E-state index in [1.807, 2.05) is 0 Å². The first-order valence-corrected chi connectivity index (χ1v) is 5.20. The summed E-state index contributed by atoms with van der Waals surface area (Å²) in [5, 5.41) is 0.175. The van der Waals surface area contributed by atoms with Crippen LogP contribution in [0.4, 0.5) is 0 Å². The molecule has 1 heterocycles. The largest absolute Gasteiger partial charge is 0.229 e. The van der Waals surface area contributed by atoms with Crippen LogP contribution in [0.1, 0.15) is 0 Å². The van der Waals surface area contributed by atoms with Gasteiger partial charge in [0.05, 0.1) is 11.5 Å². The second-order valence-electron chi connectivity index (χ2n) is 2.85. The second kappa shape index (κ2) is 1.45. The van der Waals surface area contributed by atoms with Gasteiger partial charge in [0.15, 0.2) is 9.84 Å². The molecule has 0 radical (unpaired) electrons. The molecule has 9 heavy (non-hydrogen) atoms. The van der Waals surface area contributed by atoms with E-state index in [1.165, 1.54) is 0 Å². The normalized spacial score (nSPS) is 52.8. The van der Waals surface area contributed by atoms with Crippen LogP contribution in [0.25, 0.3) is 0 Å². The lowest BCUT2D eigenvalue weighted by atomic mass is 10.4. The van der Waals surface area contributed by atoms with Crippen molar-refractivity contribution in [3.8, 4) is 0 Å². The SMILES string of the molecule is O=S1(=O)CC2C(Cl)C2C1. The predicted octanol–water partition coefficient (Wildman–Crippen LogP) is 0.268. The average molecular weight is 167 g/mol. The highest BCUT2D eigenvalue weighted by molar-refractivity contribution is 7.91. The molecule has 2 unspecified atom stereocenters. The summed E-state index contributed by atoms with van der Waals surface area (Å²) >= 11 is 5.72. The zero-order valence-electron chi connectivity index (χ0n) is 4.75. The molecule has 2 nitrogen and oxygen atoms in total. The standard InChI is InChI=1S/C5H7ClO2S/c6-5-3-1-9(7,8)2-4(3)5/h3-5H,1-2H2. The van der Waals surface area contributed by atoms with Crippen LogP contribution >= 0.6 is 11.6 Å². The molecule has 4 heteroatoms. The molecule has 2 aliphatic rings. The number of sulfone groups is 1. The first-order chi connectivity index (χ1) is 4.10. The van der Waals surface area contributed by atoms with Crippen molar-refractivity contribution in [2.24, 2.45) is 11.8 Å². The molecule has 0 aromatic carbocycles. The Hall–Kier alpha value is 0.240. The number of hydrogen-bond donors (Lipinski definition) is 0. The monoisotopic (exact) mass is 166 g/mol. The highest BCUT2D eigenvalue weighted by atomic mass is 35.5. The first kappa shape index (κ1) is 5.98. The number of halogens is 1. The van der Waals surface area contributed by atoms with Crippen LogP contribution in [-0.4, -0.2) is 25.3 Å². The fourth-order valence-corrected chi connectivity index (χ4v) is 4.38. The van der Waals surface area contributed by atoms with Gasteiger partial charge in [0.2, 0.25) is 0 Å². The maximum absolute atomic E-state index is 10.8. The van der Waals surface area contributed by atoms with Crippen LogP contribution in [0.5, 0.6) is 0 Å². The second-order valence-corrected chi connectivity index (χ2v) is 5.51. The van der Waals surface area contributed by atoms with Crippen molar-refractivity contribution in [3.63, 3.8) is 0 Å². The van der Waals surface area contributed by atoms with Crippen LogP contribution < -0.4 is 0 Å². The molecule has 2 fully saturated rings. The summed E-state index contributed by atoms with van der Waals surface area (Å²) in [5.74, 6) is 1.28. The molecule has 0 spiro atoms. The lowest BCUT2D eigenvalue weighted by molar-refractivity contribution is 0.598. The predicted molar refractivity (Wildman–Crippen MR) is 35.3 cm³/mol. The van der Waals surface area contributed by atoms with E-state index < -0.39 is 9.84 Å². The van der Waals surface area contributed by atoms with Gasteiger partial charge in [-0.1, -0.05) is 0 Å². The molecular weight excluding hydrogens is 160 g/mol. The Bertz CT molecular complexity index is 215. The Labute approximate surface area is 59.1 Å². The molecule has 0 aromatic heterocycles. The Kier molecular flexibility index (Phi) is 0.966. The lowest BCUT2D eigenvalue weighted by Crippen LogP contribution is -2.09. The summed E-state index contributed by atoms with van der Waals surface area (Å²) in [4.78, 5) is 0. The zero-order chi connectivity index (χ0) is 6.65. The molecule has 1 aliphatic carbocycles. The Morgan fingerprint density at radius 3 is 2.00 bits per heavy atom. The molecule has 2 atom stereocenters. The average Bonchev–Trinajstić information content (AvgIpc) is 2.26. The van der Waals surface area contributed by atoms with E-state index in [1.54, 1.807) is 0 Å². The molecular formula is C5H7ClO2S. The van der Waals surface area contributed by atoms with Gasteiger partial charge in [0.1, 0.15) is 0 Å². The Morgan fingerprint density at radius 1 is 1.22 bits per heavy atom. The van der Waals surface area contributed by atoms with Gasteiger partial charge in [-0.05, 0) is 11.8 Å². The molecule has 2 rings (SSSR count). The third-order valence-electron chi connectivity index (χ3n) is 2.12. The van der Waals surface area contributed by atoms with Gasteiger partial charge < -0.3 is 0 Å². The van der Waals surface area contributed by atoms with Crippen LogP contribution in [0.2, 0.25) is 0 Å². The fourth-order valence-electron chi connectivity index (χ4n) is 1.48. The maximum atomic E-state index is 10.8. The summed E-state index contributed by atoms with van der Waals surface area (Å²) in [6.07, 6.45) is 0. The van der Waals surface area contributed by atoms with Crippen molar-refractivity contribution in [3.05, 3.63) is 0 Å². The lowest BCUT2D eigenvalue weighted by Gasteiger charge is -1.93. The maximum Gasteiger partial charge on any atom is 0.150 e. The van der Waals surface area contributed by atoms with Crippen molar-refractivity contribution >= 4 is 21.4 Å². The fraction of sp³-hybridized carbons (Fsp3) is 1.00. The third-order valence-corrected chi connectivity index (χ3v) is 4.55. The van der Waals surface area contributed by atoms with Gasteiger partial charge in [-0.2, -0.15) is 0 Å². The summed E-state index contributed by atoms with van der Waals surface area (Å²) in [6, 6.07) is 0. The molecule has 1 aliphatic heterocycles. The summed E-state index contributed by atoms with van der Waals surface area (Å²) < 4.78 is 21.5. The summed E-state index contributed by atoms with van der Waals surface area (Å²) in [6.45, 7) is 0. The topological polar surface area (TPSA) is 34.1 Å². The first-order valence-electron chi connectivity index (χ1n) is 2.95. The highest BCUT2D eigenvalue weighted by Gasteiger charge is 2.57. The van der Waals surface area contributed by atoms with Gasteiger partial charge >= 0.3 is 0 Å². The van der Waals surface area contributed by atoms with Crippen molar-refractivity contribution in [2.75, 3.05) is 11.5 Å². The van der Waals surface area contributed by atoms with E-state index in [9.17, 15) is 8.42 Å². The number of rotatable bonds is 0. The molecule has 0 amide bonds. The third kappa shape index (κ3) is 0.783. The molecule has 1 saturated heterocycles. The number of fused-ring (bicyclic) bond motifs is 1. The number of hydrogen-bond acceptors (Lipinski definition) is 2. The highest BCUT2D eigenvalue weighted by Crippen LogP contribution is 2.50. The van der Waals surface area contributed by atoms with E-state index in [0.29, 0.717) is 23.3 Å². The summed E-state index contributed by atoms with van der Waals surface area (Å²) in [5.41, 5.74) is 0. The minimum atomic E-state index is -2.66. The van der Waals surface area contributed by atoms with Gasteiger partial charge in [-0.3, -0.25) is 0 Å². The van der Waals surface area contributed by atoms with Gasteiger partial charge in [0, 0.05) is 5.38 Å². The van der Waals surface area contributed by atoms with Crippen LogP contribution in [0.15, 0.2) is 0 Å². The van der Waals surface area contributed by atoms with E-state index in [2.05, 4.69) is 0 Å². The van der Waals surface area contributed by atoms with E-state index >= 15 is 0 Å². The van der Waals surface area contributed by atoms with Crippen molar-refractivity contribution in [2.45, 2.75) is 5.38 Å². The van der Waals surface area contributed by atoms with E-state index in [-0.39, 0.29) is 5.38 Å². The summed E-state index contributed by atoms with van der Waals surface area (Å²) in [7, 11) is -2.66. The smallest absolute Gasteiger partial charge is 0.150 e. The Balaban J connectivity index is 2.21. The van der Waals surface area contributed by atoms with Crippen molar-refractivity contribution < 1.29 is 8.42 Å². The van der Waals surface area contributed by atoms with Gasteiger partial charge in [-0.25, -0.2) is 8.42 Å². The Morgan fingerprint density at radius 2 is 1.67 bits per heavy atom. The van der Waals surface area contributed by atoms with Crippen molar-refractivity contribution in [1.82, 2.24) is 0 Å². The van der Waals surface area contributed by atoms with E-state index in [0.717, 1.165) is 0 Å². The molecule has 52 valence electrons. The van der Waals surface area contributed by atoms with Crippen LogP contribution in [-0.2, 0) is 9.84 Å².